The van der Waals surface area contributed by atoms with Crippen LogP contribution in [0.5, 0.6) is 0 Å². The van der Waals surface area contributed by atoms with Crippen LogP contribution in [0.15, 0.2) is 48.7 Å². The van der Waals surface area contributed by atoms with Crippen LogP contribution in [0.1, 0.15) is 38.3 Å². The highest BCUT2D eigenvalue weighted by atomic mass is 19.1. The third-order valence-corrected chi connectivity index (χ3v) is 5.07. The van der Waals surface area contributed by atoms with Crippen LogP contribution in [-0.4, -0.2) is 35.4 Å². The van der Waals surface area contributed by atoms with Gasteiger partial charge in [0.05, 0.1) is 24.0 Å². The van der Waals surface area contributed by atoms with Gasteiger partial charge in [-0.25, -0.2) is 23.7 Å². The van der Waals surface area contributed by atoms with E-state index in [1.807, 2.05) is 6.92 Å². The van der Waals surface area contributed by atoms with Crippen molar-refractivity contribution in [1.29, 1.82) is 0 Å². The van der Waals surface area contributed by atoms with Crippen molar-refractivity contribution in [2.75, 3.05) is 0 Å². The van der Waals surface area contributed by atoms with Crippen molar-refractivity contribution in [3.8, 4) is 0 Å². The zero-order valence-electron chi connectivity index (χ0n) is 14.7. The van der Waals surface area contributed by atoms with E-state index in [2.05, 4.69) is 20.1 Å². The Morgan fingerprint density at radius 1 is 1.35 bits per heavy atom. The number of allylic oxidation sites excluding steroid dienone is 3. The third-order valence-electron chi connectivity index (χ3n) is 5.07. The molecule has 8 heteroatoms. The molecule has 0 amide bonds. The zero-order chi connectivity index (χ0) is 18.7. The highest BCUT2D eigenvalue weighted by molar-refractivity contribution is 5.30. The first-order chi connectivity index (χ1) is 12.5. The van der Waals surface area contributed by atoms with E-state index in [1.54, 1.807) is 6.92 Å². The van der Waals surface area contributed by atoms with E-state index in [0.717, 1.165) is 11.8 Å². The lowest BCUT2D eigenvalue weighted by atomic mass is 9.69. The summed E-state index contributed by atoms with van der Waals surface area (Å²) in [4.78, 5) is 11.6. The van der Waals surface area contributed by atoms with Gasteiger partial charge in [0.25, 0.3) is 0 Å². The monoisotopic (exact) mass is 361 g/mol. The molecular formula is C18H21F2N5O. The topological polar surface area (TPSA) is 76.7 Å². The Morgan fingerprint density at radius 2 is 2.15 bits per heavy atom. The fraction of sp³-hybridized carbons (Fsp3) is 0.444. The van der Waals surface area contributed by atoms with E-state index in [4.69, 9.17) is 0 Å². The molecule has 138 valence electrons. The van der Waals surface area contributed by atoms with Crippen molar-refractivity contribution in [3.05, 3.63) is 60.2 Å². The van der Waals surface area contributed by atoms with Gasteiger partial charge in [0.15, 0.2) is 5.82 Å². The second kappa shape index (κ2) is 7.41. The maximum Gasteiger partial charge on any atom is 0.163 e. The van der Waals surface area contributed by atoms with Crippen molar-refractivity contribution in [1.82, 2.24) is 24.7 Å². The Hall–Kier alpha value is -2.48. The van der Waals surface area contributed by atoms with Crippen LogP contribution < -0.4 is 0 Å². The number of hydrogen-bond donors (Lipinski definition) is 1. The first-order valence-corrected chi connectivity index (χ1v) is 8.52. The quantitative estimate of drug-likeness (QED) is 0.856. The maximum absolute atomic E-state index is 14.3. The SMILES string of the molecule is CCC1=CC(F)=CCC1[C@@](O)(Cn1cncn1)[C@@H](C)c1ncncc1F. The minimum atomic E-state index is -1.44. The number of aromatic nitrogens is 5. The van der Waals surface area contributed by atoms with Gasteiger partial charge in [0, 0.05) is 11.8 Å². The first kappa shape index (κ1) is 18.3. The smallest absolute Gasteiger partial charge is 0.163 e. The molecule has 2 heterocycles. The molecule has 26 heavy (non-hydrogen) atoms. The van der Waals surface area contributed by atoms with Crippen LogP contribution in [0, 0.1) is 11.7 Å². The minimum absolute atomic E-state index is 0.0784. The molecule has 2 aromatic rings. The summed E-state index contributed by atoms with van der Waals surface area (Å²) < 4.78 is 29.5. The van der Waals surface area contributed by atoms with Crippen LogP contribution in [0.2, 0.25) is 0 Å². The van der Waals surface area contributed by atoms with E-state index >= 15 is 0 Å². The molecule has 0 saturated heterocycles. The number of rotatable bonds is 6. The summed E-state index contributed by atoms with van der Waals surface area (Å²) in [5.74, 6) is -1.98. The number of hydrogen-bond acceptors (Lipinski definition) is 5. The van der Waals surface area contributed by atoms with Crippen LogP contribution in [0.3, 0.4) is 0 Å². The van der Waals surface area contributed by atoms with Gasteiger partial charge in [-0.15, -0.1) is 0 Å². The predicted octanol–water partition coefficient (Wildman–Crippen LogP) is 2.95. The Morgan fingerprint density at radius 3 is 2.81 bits per heavy atom. The van der Waals surface area contributed by atoms with Crippen molar-refractivity contribution in [3.63, 3.8) is 0 Å². The van der Waals surface area contributed by atoms with E-state index < -0.39 is 23.3 Å². The van der Waals surface area contributed by atoms with Gasteiger partial charge in [0.1, 0.15) is 24.8 Å². The number of nitrogens with zero attached hydrogens (tertiary/aromatic N) is 5. The molecule has 0 spiro atoms. The van der Waals surface area contributed by atoms with Crippen LogP contribution in [0.25, 0.3) is 0 Å². The molecule has 1 unspecified atom stereocenters. The van der Waals surface area contributed by atoms with Gasteiger partial charge in [-0.05, 0) is 25.0 Å². The lowest BCUT2D eigenvalue weighted by Crippen LogP contribution is -2.48. The van der Waals surface area contributed by atoms with Crippen molar-refractivity contribution >= 4 is 0 Å². The van der Waals surface area contributed by atoms with Gasteiger partial charge >= 0.3 is 0 Å². The molecule has 0 aromatic carbocycles. The maximum atomic E-state index is 14.3. The Kier molecular flexibility index (Phi) is 5.22. The molecule has 3 rings (SSSR count). The molecule has 0 saturated carbocycles. The summed E-state index contributed by atoms with van der Waals surface area (Å²) in [6, 6.07) is 0. The Bertz CT molecular complexity index is 821. The molecule has 0 fully saturated rings. The average Bonchev–Trinajstić information content (AvgIpc) is 3.14. The second-order valence-corrected chi connectivity index (χ2v) is 6.51. The molecular weight excluding hydrogens is 340 g/mol. The summed E-state index contributed by atoms with van der Waals surface area (Å²) in [5.41, 5.74) is -0.552. The number of aliphatic hydroxyl groups is 1. The first-order valence-electron chi connectivity index (χ1n) is 8.52. The fourth-order valence-electron chi connectivity index (χ4n) is 3.59. The Labute approximate surface area is 150 Å². The van der Waals surface area contributed by atoms with Gasteiger partial charge in [0.2, 0.25) is 0 Å². The second-order valence-electron chi connectivity index (χ2n) is 6.51. The normalized spacial score (nSPS) is 20.9. The molecule has 1 aliphatic rings. The lowest BCUT2D eigenvalue weighted by molar-refractivity contribution is -0.0462. The summed E-state index contributed by atoms with van der Waals surface area (Å²) in [5, 5.41) is 15.8. The van der Waals surface area contributed by atoms with Crippen molar-refractivity contribution < 1.29 is 13.9 Å². The highest BCUT2D eigenvalue weighted by Gasteiger charge is 2.46. The number of halogens is 2. The fourth-order valence-corrected chi connectivity index (χ4v) is 3.59. The summed E-state index contributed by atoms with van der Waals surface area (Å²) in [6.45, 7) is 3.70. The summed E-state index contributed by atoms with van der Waals surface area (Å²) in [7, 11) is 0. The van der Waals surface area contributed by atoms with Crippen LogP contribution in [0.4, 0.5) is 8.78 Å². The van der Waals surface area contributed by atoms with Crippen LogP contribution >= 0.6 is 0 Å². The zero-order valence-corrected chi connectivity index (χ0v) is 14.7. The highest BCUT2D eigenvalue weighted by Crippen LogP contribution is 2.43. The van der Waals surface area contributed by atoms with Gasteiger partial charge in [-0.1, -0.05) is 19.4 Å². The van der Waals surface area contributed by atoms with E-state index in [9.17, 15) is 13.9 Å². The van der Waals surface area contributed by atoms with Crippen molar-refractivity contribution in [2.45, 2.75) is 44.8 Å². The minimum Gasteiger partial charge on any atom is -0.387 e. The van der Waals surface area contributed by atoms with Crippen molar-refractivity contribution in [2.24, 2.45) is 5.92 Å². The summed E-state index contributed by atoms with van der Waals surface area (Å²) >= 11 is 0. The van der Waals surface area contributed by atoms with E-state index in [0.29, 0.717) is 12.8 Å². The summed E-state index contributed by atoms with van der Waals surface area (Å²) in [6.07, 6.45) is 8.96. The average molecular weight is 361 g/mol. The lowest BCUT2D eigenvalue weighted by Gasteiger charge is -2.42. The molecule has 3 atom stereocenters. The molecule has 2 aromatic heterocycles. The molecule has 1 aliphatic carbocycles. The van der Waals surface area contributed by atoms with E-state index in [-0.39, 0.29) is 18.1 Å². The molecule has 0 aliphatic heterocycles. The molecule has 6 nitrogen and oxygen atoms in total. The van der Waals surface area contributed by atoms with Crippen LogP contribution in [-0.2, 0) is 6.54 Å². The van der Waals surface area contributed by atoms with Gasteiger partial charge in [-0.2, -0.15) is 5.10 Å². The Balaban J connectivity index is 2.05. The predicted molar refractivity (Wildman–Crippen MR) is 91.0 cm³/mol. The third kappa shape index (κ3) is 3.41. The molecule has 0 radical (unpaired) electrons. The standard InChI is InChI=1S/C18H21F2N5O/c1-3-13-6-14(19)4-5-15(13)18(26,8-25-11-22-10-24-25)12(2)17-16(20)7-21-9-23-17/h4,6-7,9-12,15,26H,3,5,8H2,1-2H3/t12-,15?,18+/m0/s1. The van der Waals surface area contributed by atoms with E-state index in [1.165, 1.54) is 35.8 Å². The molecule has 0 bridgehead atoms. The van der Waals surface area contributed by atoms with Gasteiger partial charge < -0.3 is 5.11 Å². The van der Waals surface area contributed by atoms with Gasteiger partial charge in [-0.3, -0.25) is 4.68 Å². The largest absolute Gasteiger partial charge is 0.387 e. The molecule has 1 N–H and O–H groups in total.